The number of carbonyl (C=O) groups is 2. The summed E-state index contributed by atoms with van der Waals surface area (Å²) in [6, 6.07) is 7.08. The van der Waals surface area contributed by atoms with Gasteiger partial charge in [-0.15, -0.1) is 0 Å². The summed E-state index contributed by atoms with van der Waals surface area (Å²) in [5.41, 5.74) is 2.45. The molecule has 0 radical (unpaired) electrons. The fraction of sp³-hybridized carbons (Fsp3) is 0.444. The summed E-state index contributed by atoms with van der Waals surface area (Å²) >= 11 is 0. The van der Waals surface area contributed by atoms with Crippen molar-refractivity contribution in [1.29, 1.82) is 0 Å². The third-order valence-corrected chi connectivity index (χ3v) is 4.01. The van der Waals surface area contributed by atoms with Crippen molar-refractivity contribution in [3.8, 4) is 0 Å². The highest BCUT2D eigenvalue weighted by molar-refractivity contribution is 5.85. The molecule has 23 heavy (non-hydrogen) atoms. The summed E-state index contributed by atoms with van der Waals surface area (Å²) in [5.74, 6) is -0.988. The van der Waals surface area contributed by atoms with E-state index in [0.29, 0.717) is 12.3 Å². The van der Waals surface area contributed by atoms with E-state index >= 15 is 0 Å². The predicted molar refractivity (Wildman–Crippen MR) is 88.7 cm³/mol. The lowest BCUT2D eigenvalue weighted by molar-refractivity contribution is -0.148. The number of hydrogen-bond donors (Lipinski definition) is 2. The van der Waals surface area contributed by atoms with Gasteiger partial charge in [0.25, 0.3) is 0 Å². The third-order valence-electron chi connectivity index (χ3n) is 4.01. The zero-order chi connectivity index (χ0) is 16.8. The number of nitrogens with one attached hydrogen (secondary N) is 2. The van der Waals surface area contributed by atoms with Gasteiger partial charge in [0.1, 0.15) is 5.92 Å². The van der Waals surface area contributed by atoms with E-state index in [2.05, 4.69) is 24.1 Å². The summed E-state index contributed by atoms with van der Waals surface area (Å²) in [7, 11) is 0. The van der Waals surface area contributed by atoms with Crippen molar-refractivity contribution in [2.45, 2.75) is 39.2 Å². The highest BCUT2D eigenvalue weighted by Crippen LogP contribution is 2.30. The third kappa shape index (κ3) is 4.12. The fourth-order valence-electron chi connectivity index (χ4n) is 2.61. The number of urea groups is 1. The highest BCUT2D eigenvalue weighted by Gasteiger charge is 2.38. The molecule has 2 rings (SSSR count). The van der Waals surface area contributed by atoms with Crippen molar-refractivity contribution < 1.29 is 14.3 Å². The molecule has 1 saturated heterocycles. The first-order valence-corrected chi connectivity index (χ1v) is 8.08. The Morgan fingerprint density at radius 3 is 2.57 bits per heavy atom. The molecule has 5 heteroatoms. The van der Waals surface area contributed by atoms with Crippen molar-refractivity contribution >= 4 is 12.0 Å². The van der Waals surface area contributed by atoms with E-state index < -0.39 is 12.0 Å². The molecule has 0 saturated carbocycles. The Bertz CT molecular complexity index is 580. The van der Waals surface area contributed by atoms with Gasteiger partial charge in [0.2, 0.25) is 0 Å². The topological polar surface area (TPSA) is 67.4 Å². The maximum Gasteiger partial charge on any atom is 0.319 e. The van der Waals surface area contributed by atoms with Crippen LogP contribution < -0.4 is 10.6 Å². The quantitative estimate of drug-likeness (QED) is 0.626. The Morgan fingerprint density at radius 1 is 1.26 bits per heavy atom. The van der Waals surface area contributed by atoms with Gasteiger partial charge in [-0.25, -0.2) is 4.79 Å². The Balaban J connectivity index is 2.21. The minimum absolute atomic E-state index is 0.350. The van der Waals surface area contributed by atoms with Crippen LogP contribution in [0.4, 0.5) is 4.79 Å². The predicted octanol–water partition coefficient (Wildman–Crippen LogP) is 3.08. The van der Waals surface area contributed by atoms with Crippen molar-refractivity contribution in [3.05, 3.63) is 47.7 Å². The van der Waals surface area contributed by atoms with Gasteiger partial charge < -0.3 is 15.4 Å². The van der Waals surface area contributed by atoms with Crippen molar-refractivity contribution in [1.82, 2.24) is 10.6 Å². The van der Waals surface area contributed by atoms with Crippen LogP contribution in [0.15, 0.2) is 36.5 Å². The van der Waals surface area contributed by atoms with Crippen LogP contribution in [0.1, 0.15) is 43.9 Å². The Labute approximate surface area is 137 Å². The lowest BCUT2D eigenvalue weighted by atomic mass is 9.88. The first-order chi connectivity index (χ1) is 11.1. The van der Waals surface area contributed by atoms with Crippen LogP contribution in [-0.4, -0.2) is 18.6 Å². The Hall–Kier alpha value is -2.30. The van der Waals surface area contributed by atoms with Gasteiger partial charge >= 0.3 is 12.0 Å². The number of hydrogen-bond acceptors (Lipinski definition) is 3. The molecule has 2 amide bonds. The van der Waals surface area contributed by atoms with Crippen LogP contribution in [0, 0.1) is 5.92 Å². The smallest absolute Gasteiger partial charge is 0.319 e. The molecule has 2 N–H and O–H groups in total. The maximum absolute atomic E-state index is 12.4. The molecular weight excluding hydrogens is 292 g/mol. The number of esters is 1. The first kappa shape index (κ1) is 17.1. The van der Waals surface area contributed by atoms with Crippen molar-refractivity contribution in [2.75, 3.05) is 6.61 Å². The normalized spacial score (nSPS) is 20.6. The van der Waals surface area contributed by atoms with Crippen LogP contribution in [0.2, 0.25) is 0 Å². The minimum atomic E-state index is -0.628. The molecule has 0 unspecified atom stereocenters. The second kappa shape index (κ2) is 7.81. The van der Waals surface area contributed by atoms with Gasteiger partial charge in [-0.05, 0) is 24.0 Å². The average Bonchev–Trinajstić information content (AvgIpc) is 2.54. The second-order valence-electron chi connectivity index (χ2n) is 5.70. The van der Waals surface area contributed by atoms with Crippen LogP contribution in [0.5, 0.6) is 0 Å². The van der Waals surface area contributed by atoms with Crippen LogP contribution in [0.25, 0.3) is 0 Å². The zero-order valence-electron chi connectivity index (χ0n) is 13.7. The molecule has 1 aliphatic heterocycles. The molecule has 0 bridgehead atoms. The zero-order valence-corrected chi connectivity index (χ0v) is 13.7. The highest BCUT2D eigenvalue weighted by atomic mass is 16.5. The van der Waals surface area contributed by atoms with E-state index in [-0.39, 0.29) is 12.0 Å². The summed E-state index contributed by atoms with van der Waals surface area (Å²) in [5, 5.41) is 5.39. The van der Waals surface area contributed by atoms with E-state index in [0.717, 1.165) is 24.8 Å². The number of rotatable bonds is 6. The summed E-state index contributed by atoms with van der Waals surface area (Å²) in [6.07, 6.45) is 2.71. The fourth-order valence-corrected chi connectivity index (χ4v) is 2.61. The van der Waals surface area contributed by atoms with Crippen LogP contribution in [-0.2, 0) is 16.0 Å². The molecular formula is C18H24N2O3. The molecule has 5 nitrogen and oxygen atoms in total. The number of aryl methyl sites for hydroxylation is 1. The molecule has 1 aliphatic rings. The lowest BCUT2D eigenvalue weighted by Crippen LogP contribution is -2.51. The molecule has 0 spiro atoms. The van der Waals surface area contributed by atoms with Gasteiger partial charge in [0.15, 0.2) is 0 Å². The summed E-state index contributed by atoms with van der Waals surface area (Å²) < 4.78 is 5.33. The van der Waals surface area contributed by atoms with Gasteiger partial charge in [-0.1, -0.05) is 51.1 Å². The van der Waals surface area contributed by atoms with Crippen molar-refractivity contribution in [3.63, 3.8) is 0 Å². The SMILES string of the molecule is C=C1NC(=O)N[C@H](c2ccc(CC)cc2)[C@H]1C(=O)OCCCC. The molecule has 0 aliphatic carbocycles. The molecule has 1 fully saturated rings. The summed E-state index contributed by atoms with van der Waals surface area (Å²) in [4.78, 5) is 24.2. The van der Waals surface area contributed by atoms with E-state index in [1.807, 2.05) is 31.2 Å². The summed E-state index contributed by atoms with van der Waals surface area (Å²) in [6.45, 7) is 8.33. The number of benzene rings is 1. The van der Waals surface area contributed by atoms with E-state index in [4.69, 9.17) is 4.74 Å². The number of carbonyl (C=O) groups excluding carboxylic acids is 2. The monoisotopic (exact) mass is 316 g/mol. The van der Waals surface area contributed by atoms with Gasteiger partial charge in [-0.3, -0.25) is 4.79 Å². The standard InChI is InChI=1S/C18H24N2O3/c1-4-6-11-23-17(21)15-12(3)19-18(22)20-16(15)14-9-7-13(5-2)8-10-14/h7-10,15-16H,3-6,11H2,1-2H3,(H2,19,20,22)/t15-,16+/m0/s1. The number of unbranched alkanes of at least 4 members (excludes halogenated alkanes) is 1. The molecule has 0 aromatic heterocycles. The number of ether oxygens (including phenoxy) is 1. The minimum Gasteiger partial charge on any atom is -0.465 e. The van der Waals surface area contributed by atoms with Crippen molar-refractivity contribution in [2.24, 2.45) is 5.92 Å². The van der Waals surface area contributed by atoms with Crippen LogP contribution in [0.3, 0.4) is 0 Å². The molecule has 1 aromatic rings. The molecule has 1 aromatic carbocycles. The molecule has 124 valence electrons. The average molecular weight is 316 g/mol. The van der Waals surface area contributed by atoms with E-state index in [9.17, 15) is 9.59 Å². The maximum atomic E-state index is 12.4. The van der Waals surface area contributed by atoms with Gasteiger partial charge in [0.05, 0.1) is 12.6 Å². The van der Waals surface area contributed by atoms with Gasteiger partial charge in [0, 0.05) is 5.70 Å². The second-order valence-corrected chi connectivity index (χ2v) is 5.70. The van der Waals surface area contributed by atoms with Crippen LogP contribution >= 0.6 is 0 Å². The lowest BCUT2D eigenvalue weighted by Gasteiger charge is -2.33. The van der Waals surface area contributed by atoms with E-state index in [1.165, 1.54) is 5.56 Å². The number of amides is 2. The largest absolute Gasteiger partial charge is 0.465 e. The van der Waals surface area contributed by atoms with Gasteiger partial charge in [-0.2, -0.15) is 0 Å². The Kier molecular flexibility index (Phi) is 5.79. The molecule has 1 heterocycles. The molecule has 2 atom stereocenters. The first-order valence-electron chi connectivity index (χ1n) is 8.08. The Morgan fingerprint density at radius 2 is 1.96 bits per heavy atom. The van der Waals surface area contributed by atoms with E-state index in [1.54, 1.807) is 0 Å².